The van der Waals surface area contributed by atoms with E-state index in [0.717, 1.165) is 44.2 Å². The van der Waals surface area contributed by atoms with Gasteiger partial charge in [-0.3, -0.25) is 4.72 Å². The Hall–Kier alpha value is -2.70. The second kappa shape index (κ2) is 9.43. The molecule has 1 heterocycles. The smallest absolute Gasteiger partial charge is 0.337 e. The van der Waals surface area contributed by atoms with E-state index < -0.39 is 36.7 Å². The molecule has 0 aliphatic carbocycles. The normalized spacial score (nSPS) is 14.8. The summed E-state index contributed by atoms with van der Waals surface area (Å²) >= 11 is 0. The molecule has 0 saturated carbocycles. The number of ether oxygens (including phenoxy) is 2. The number of anilines is 1. The van der Waals surface area contributed by atoms with Gasteiger partial charge in [0.25, 0.3) is 10.0 Å². The Morgan fingerprint density at radius 1 is 1.06 bits per heavy atom. The van der Waals surface area contributed by atoms with E-state index in [-0.39, 0.29) is 28.5 Å². The molecule has 0 radical (unpaired) electrons. The number of halogens is 1. The van der Waals surface area contributed by atoms with Crippen LogP contribution in [0, 0.1) is 5.82 Å². The maximum absolute atomic E-state index is 14.3. The van der Waals surface area contributed by atoms with E-state index in [1.165, 1.54) is 16.4 Å². The molecule has 0 bridgehead atoms. The highest BCUT2D eigenvalue weighted by Crippen LogP contribution is 2.32. The summed E-state index contributed by atoms with van der Waals surface area (Å²) in [7, 11) is -7.31. The third kappa shape index (κ3) is 4.87. The van der Waals surface area contributed by atoms with Crippen molar-refractivity contribution >= 4 is 31.7 Å². The van der Waals surface area contributed by atoms with Gasteiger partial charge in [-0.05, 0) is 56.2 Å². The van der Waals surface area contributed by atoms with Crippen molar-refractivity contribution in [1.29, 1.82) is 0 Å². The summed E-state index contributed by atoms with van der Waals surface area (Å²) in [5, 5.41) is 0. The minimum absolute atomic E-state index is 0.0845. The van der Waals surface area contributed by atoms with Crippen LogP contribution < -0.4 is 9.46 Å². The van der Waals surface area contributed by atoms with Crippen LogP contribution in [0.4, 0.5) is 10.1 Å². The van der Waals surface area contributed by atoms with E-state index in [2.05, 4.69) is 9.46 Å². The summed E-state index contributed by atoms with van der Waals surface area (Å²) < 4.78 is 79.5. The predicted octanol–water partition coefficient (Wildman–Crippen LogP) is 2.60. The average Bonchev–Trinajstić information content (AvgIpc) is 3.30. The maximum atomic E-state index is 14.3. The molecule has 1 saturated heterocycles. The Morgan fingerprint density at radius 3 is 2.38 bits per heavy atom. The summed E-state index contributed by atoms with van der Waals surface area (Å²) in [6.45, 7) is 2.61. The number of sulfonamides is 2. The molecule has 1 N–H and O–H groups in total. The van der Waals surface area contributed by atoms with Crippen molar-refractivity contribution in [3.05, 3.63) is 47.8 Å². The number of carbonyl (C=O) groups is 1. The molecule has 174 valence electrons. The third-order valence-electron chi connectivity index (χ3n) is 4.82. The molecule has 3 rings (SSSR count). The van der Waals surface area contributed by atoms with E-state index in [1.807, 2.05) is 0 Å². The molecule has 1 fully saturated rings. The van der Waals surface area contributed by atoms with Crippen LogP contribution in [0.1, 0.15) is 30.1 Å². The minimum Gasteiger partial charge on any atom is -0.492 e. The summed E-state index contributed by atoms with van der Waals surface area (Å²) in [5.41, 5.74) is -0.257. The van der Waals surface area contributed by atoms with Gasteiger partial charge in [-0.1, -0.05) is 0 Å². The molecule has 12 heteroatoms. The molecule has 1 aliphatic rings. The number of carbonyl (C=O) groups excluding carboxylic acids is 1. The minimum atomic E-state index is -4.50. The summed E-state index contributed by atoms with van der Waals surface area (Å²) in [4.78, 5) is 10.7. The molecule has 0 atom stereocenters. The molecular formula is C20H23FN2O7S2. The fourth-order valence-electron chi connectivity index (χ4n) is 3.28. The van der Waals surface area contributed by atoms with Gasteiger partial charge in [0.15, 0.2) is 0 Å². The van der Waals surface area contributed by atoms with E-state index in [0.29, 0.717) is 13.1 Å². The second-order valence-electron chi connectivity index (χ2n) is 6.95. The molecule has 9 nitrogen and oxygen atoms in total. The summed E-state index contributed by atoms with van der Waals surface area (Å²) in [6, 6.07) is 6.57. The van der Waals surface area contributed by atoms with Crippen molar-refractivity contribution in [2.45, 2.75) is 29.6 Å². The average molecular weight is 487 g/mol. The fraction of sp³-hybridized carbons (Fsp3) is 0.350. The van der Waals surface area contributed by atoms with Crippen LogP contribution in [-0.2, 0) is 24.8 Å². The monoisotopic (exact) mass is 486 g/mol. The van der Waals surface area contributed by atoms with Gasteiger partial charge in [-0.15, -0.1) is 0 Å². The molecule has 2 aromatic carbocycles. The second-order valence-corrected chi connectivity index (χ2v) is 10.5. The van der Waals surface area contributed by atoms with Crippen LogP contribution in [0.25, 0.3) is 0 Å². The number of methoxy groups -OCH3 is 1. The molecular weight excluding hydrogens is 463 g/mol. The number of benzene rings is 2. The highest BCUT2D eigenvalue weighted by atomic mass is 32.2. The number of esters is 1. The zero-order valence-electron chi connectivity index (χ0n) is 17.5. The molecule has 1 aliphatic heterocycles. The first-order chi connectivity index (χ1) is 15.1. The fourth-order valence-corrected chi connectivity index (χ4v) is 6.11. The highest BCUT2D eigenvalue weighted by molar-refractivity contribution is 7.92. The Kier molecular flexibility index (Phi) is 7.06. The Bertz CT molecular complexity index is 1220. The molecule has 0 amide bonds. The van der Waals surface area contributed by atoms with E-state index in [4.69, 9.17) is 4.74 Å². The number of nitrogens with zero attached hydrogens (tertiary/aromatic N) is 1. The molecule has 2 aromatic rings. The van der Waals surface area contributed by atoms with E-state index in [9.17, 15) is 26.0 Å². The summed E-state index contributed by atoms with van der Waals surface area (Å²) in [5.74, 6) is -1.83. The van der Waals surface area contributed by atoms with Crippen LogP contribution in [0.2, 0.25) is 0 Å². The zero-order valence-corrected chi connectivity index (χ0v) is 19.1. The van der Waals surface area contributed by atoms with Crippen molar-refractivity contribution in [3.63, 3.8) is 0 Å². The third-order valence-corrected chi connectivity index (χ3v) is 8.14. The van der Waals surface area contributed by atoms with Gasteiger partial charge in [0, 0.05) is 13.1 Å². The standard InChI is InChI=1S/C20H23FN2O7S2/c1-3-30-17-9-7-15(13-19(17)32(27,28)23-10-4-5-11-23)22-31(25,26)18-12-14(20(24)29-2)6-8-16(18)21/h6-9,12-13,22H,3-5,10-11H2,1-2H3. The molecule has 32 heavy (non-hydrogen) atoms. The lowest BCUT2D eigenvalue weighted by molar-refractivity contribution is 0.0600. The van der Waals surface area contributed by atoms with Crippen LogP contribution in [0.3, 0.4) is 0 Å². The number of rotatable bonds is 8. The van der Waals surface area contributed by atoms with Crippen molar-refractivity contribution in [2.75, 3.05) is 31.5 Å². The van der Waals surface area contributed by atoms with Gasteiger partial charge >= 0.3 is 5.97 Å². The largest absolute Gasteiger partial charge is 0.492 e. The van der Waals surface area contributed by atoms with Crippen molar-refractivity contribution in [1.82, 2.24) is 4.31 Å². The summed E-state index contributed by atoms with van der Waals surface area (Å²) in [6.07, 6.45) is 1.46. The topological polar surface area (TPSA) is 119 Å². The predicted molar refractivity (Wildman–Crippen MR) is 114 cm³/mol. The molecule has 0 unspecified atom stereocenters. The van der Waals surface area contributed by atoms with Gasteiger partial charge < -0.3 is 9.47 Å². The highest BCUT2D eigenvalue weighted by Gasteiger charge is 2.31. The SMILES string of the molecule is CCOc1ccc(NS(=O)(=O)c2cc(C(=O)OC)ccc2F)cc1S(=O)(=O)N1CCCC1. The van der Waals surface area contributed by atoms with Crippen LogP contribution in [-0.4, -0.2) is 53.9 Å². The quantitative estimate of drug-likeness (QED) is 0.570. The van der Waals surface area contributed by atoms with Crippen LogP contribution >= 0.6 is 0 Å². The maximum Gasteiger partial charge on any atom is 0.337 e. The number of nitrogens with one attached hydrogen (secondary N) is 1. The first kappa shape index (κ1) is 24.0. The van der Waals surface area contributed by atoms with Gasteiger partial charge in [-0.25, -0.2) is 26.0 Å². The van der Waals surface area contributed by atoms with Crippen LogP contribution in [0.15, 0.2) is 46.2 Å². The van der Waals surface area contributed by atoms with Crippen molar-refractivity contribution < 1.29 is 35.5 Å². The molecule has 0 aromatic heterocycles. The first-order valence-electron chi connectivity index (χ1n) is 9.78. The van der Waals surface area contributed by atoms with Gasteiger partial charge in [0.05, 0.1) is 25.0 Å². The molecule has 0 spiro atoms. The Morgan fingerprint density at radius 2 is 1.75 bits per heavy atom. The lowest BCUT2D eigenvalue weighted by Gasteiger charge is -2.19. The Labute approximate surface area is 186 Å². The lowest BCUT2D eigenvalue weighted by atomic mass is 10.2. The number of hydrogen-bond acceptors (Lipinski definition) is 7. The Balaban J connectivity index is 2.01. The number of hydrogen-bond donors (Lipinski definition) is 1. The van der Waals surface area contributed by atoms with E-state index >= 15 is 0 Å². The zero-order chi connectivity index (χ0) is 23.5. The van der Waals surface area contributed by atoms with Gasteiger partial charge in [0.2, 0.25) is 10.0 Å². The van der Waals surface area contributed by atoms with Crippen molar-refractivity contribution in [2.24, 2.45) is 0 Å². The van der Waals surface area contributed by atoms with Gasteiger partial charge in [-0.2, -0.15) is 4.31 Å². The first-order valence-corrected chi connectivity index (χ1v) is 12.7. The van der Waals surface area contributed by atoms with Crippen LogP contribution in [0.5, 0.6) is 5.75 Å². The van der Waals surface area contributed by atoms with Gasteiger partial charge in [0.1, 0.15) is 21.4 Å². The van der Waals surface area contributed by atoms with Crippen molar-refractivity contribution in [3.8, 4) is 5.75 Å². The van der Waals surface area contributed by atoms with E-state index in [1.54, 1.807) is 6.92 Å². The lowest BCUT2D eigenvalue weighted by Crippen LogP contribution is -2.28.